The smallest absolute Gasteiger partial charge is 0.409 e. The molecule has 2 amide bonds. The van der Waals surface area contributed by atoms with Crippen molar-refractivity contribution in [3.63, 3.8) is 0 Å². The van der Waals surface area contributed by atoms with Crippen molar-refractivity contribution in [3.8, 4) is 0 Å². The third-order valence-electron chi connectivity index (χ3n) is 16.4. The molecule has 13 atom stereocenters. The highest BCUT2D eigenvalue weighted by Crippen LogP contribution is 2.89. The van der Waals surface area contributed by atoms with Crippen LogP contribution in [-0.4, -0.2) is 97.4 Å². The van der Waals surface area contributed by atoms with Gasteiger partial charge < -0.3 is 29.5 Å². The molecule has 0 aromatic heterocycles. The molecule has 2 aliphatic heterocycles. The molecule has 9 nitrogen and oxygen atoms in total. The number of likely N-dealkylation sites (N-methyl/N-ethyl adjacent to an activating group) is 1. The van der Waals surface area contributed by atoms with Gasteiger partial charge in [-0.15, -0.1) is 0 Å². The fraction of sp³-hybridized carbons (Fsp3) is 0.949. The monoisotopic (exact) mass is 671 g/mol. The van der Waals surface area contributed by atoms with Gasteiger partial charge in [-0.2, -0.15) is 0 Å². The second kappa shape index (κ2) is 11.5. The third-order valence-corrected chi connectivity index (χ3v) is 16.4. The summed E-state index contributed by atoms with van der Waals surface area (Å²) in [7, 11) is 3.44. The van der Waals surface area contributed by atoms with Crippen molar-refractivity contribution in [3.05, 3.63) is 0 Å². The van der Waals surface area contributed by atoms with Gasteiger partial charge in [0.05, 0.1) is 24.4 Å². The highest BCUT2D eigenvalue weighted by molar-refractivity contribution is 5.68. The van der Waals surface area contributed by atoms with Crippen LogP contribution in [0.1, 0.15) is 107 Å². The van der Waals surface area contributed by atoms with Crippen LogP contribution in [0.3, 0.4) is 0 Å². The zero-order valence-corrected chi connectivity index (χ0v) is 31.5. The Labute approximate surface area is 289 Å². The first-order valence-corrected chi connectivity index (χ1v) is 19.4. The van der Waals surface area contributed by atoms with Gasteiger partial charge in [0, 0.05) is 38.0 Å². The molecule has 0 aromatic rings. The molecule has 7 aliphatic rings. The molecule has 2 saturated heterocycles. The molecule has 2 N–H and O–H groups in total. The van der Waals surface area contributed by atoms with Crippen molar-refractivity contribution in [2.75, 3.05) is 33.7 Å². The molecule has 5 saturated carbocycles. The predicted octanol–water partition coefficient (Wildman–Crippen LogP) is 6.32. The highest BCUT2D eigenvalue weighted by Gasteiger charge is 2.84. The number of carbonyl (C=O) groups excluding carboxylic acids is 2. The summed E-state index contributed by atoms with van der Waals surface area (Å²) in [6, 6.07) is 0.197. The number of hydrogen-bond acceptors (Lipinski definition) is 7. The quantitative estimate of drug-likeness (QED) is 0.341. The Morgan fingerprint density at radius 1 is 1.02 bits per heavy atom. The first kappa shape index (κ1) is 34.9. The minimum Gasteiger partial charge on any atom is -0.446 e. The standard InChI is InChI=1S/C39H65N3O6/c1-11-42-19-24(20-42)40-33(44)47-28-14-15-38-21-39(38)17-16-36(7)29-23(4)18-25(30(22(2)3)48-34(45)41(9)10)46-31(29)32(43)37(36,8)27(39)13-12-26(38)35(28,5)6/h22-32,43H,11-21H2,1-10H3,(H,40,44)/t23-,25?,26+,27?,28?,29+,30-,31?,32+,36-,37-,38-,39+/m1/s1. The normalized spacial score (nSPS) is 48.1. The van der Waals surface area contributed by atoms with E-state index in [0.29, 0.717) is 17.8 Å². The molecule has 7 fully saturated rings. The molecule has 0 aromatic carbocycles. The summed E-state index contributed by atoms with van der Waals surface area (Å²) in [5.41, 5.74) is 0.136. The fourth-order valence-corrected chi connectivity index (χ4v) is 13.8. The van der Waals surface area contributed by atoms with E-state index >= 15 is 0 Å². The molecule has 5 aliphatic carbocycles. The van der Waals surface area contributed by atoms with Gasteiger partial charge in [0.15, 0.2) is 0 Å². The number of ether oxygens (including phenoxy) is 3. The fourth-order valence-electron chi connectivity index (χ4n) is 13.8. The zero-order chi connectivity index (χ0) is 34.8. The number of carbonyl (C=O) groups is 2. The maximum absolute atomic E-state index is 13.0. The number of alkyl carbamates (subject to hydrolysis) is 1. The summed E-state index contributed by atoms with van der Waals surface area (Å²) in [4.78, 5) is 29.5. The van der Waals surface area contributed by atoms with E-state index in [2.05, 4.69) is 65.6 Å². The number of nitrogens with zero attached hydrogens (tertiary/aromatic N) is 2. The van der Waals surface area contributed by atoms with Crippen LogP contribution in [-0.2, 0) is 14.2 Å². The molecule has 0 bridgehead atoms. The van der Waals surface area contributed by atoms with Gasteiger partial charge in [0.2, 0.25) is 0 Å². The first-order valence-electron chi connectivity index (χ1n) is 19.4. The zero-order valence-electron chi connectivity index (χ0n) is 31.5. The molecular formula is C39H65N3O6. The van der Waals surface area contributed by atoms with Crippen molar-refractivity contribution >= 4 is 12.2 Å². The van der Waals surface area contributed by atoms with Gasteiger partial charge in [-0.1, -0.05) is 55.4 Å². The highest BCUT2D eigenvalue weighted by atomic mass is 16.6. The molecule has 272 valence electrons. The molecule has 48 heavy (non-hydrogen) atoms. The number of nitrogens with one attached hydrogen (secondary N) is 1. The van der Waals surface area contributed by atoms with Crippen molar-refractivity contribution < 1.29 is 28.9 Å². The van der Waals surface area contributed by atoms with Crippen molar-refractivity contribution in [1.29, 1.82) is 0 Å². The number of rotatable bonds is 6. The summed E-state index contributed by atoms with van der Waals surface area (Å²) in [5.74, 6) is 1.70. The molecule has 7 rings (SSSR count). The lowest BCUT2D eigenvalue weighted by Crippen LogP contribution is -2.61. The summed E-state index contributed by atoms with van der Waals surface area (Å²) < 4.78 is 19.2. The Bertz CT molecular complexity index is 1280. The number of amides is 2. The van der Waals surface area contributed by atoms with E-state index in [1.807, 2.05) is 0 Å². The summed E-state index contributed by atoms with van der Waals surface area (Å²) in [6.07, 6.45) is 6.64. The predicted molar refractivity (Wildman–Crippen MR) is 184 cm³/mol. The SMILES string of the molecule is CCN1CC(NC(=O)OC2CC[C@]34C[C@]35CC[C@]3(C)[C@@H]6C(OC([C@H](OC(=O)N(C)C)C(C)C)C[C@H]6C)[C@H](O)[C@@]3(C)C5CC[C@H]4C2(C)C)C1. The molecule has 4 unspecified atom stereocenters. The van der Waals surface area contributed by atoms with E-state index in [1.165, 1.54) is 17.7 Å². The van der Waals surface area contributed by atoms with E-state index in [9.17, 15) is 14.7 Å². The van der Waals surface area contributed by atoms with Crippen LogP contribution < -0.4 is 5.32 Å². The van der Waals surface area contributed by atoms with Gasteiger partial charge in [-0.25, -0.2) is 9.59 Å². The van der Waals surface area contributed by atoms with Crippen LogP contribution in [0.2, 0.25) is 0 Å². The van der Waals surface area contributed by atoms with Crippen molar-refractivity contribution in [2.24, 2.45) is 56.7 Å². The summed E-state index contributed by atoms with van der Waals surface area (Å²) in [5, 5.41) is 15.7. The Hall–Kier alpha value is -1.58. The van der Waals surface area contributed by atoms with Gasteiger partial charge in [-0.05, 0) is 104 Å². The molecule has 0 radical (unpaired) electrons. The number of likely N-dealkylation sites (tertiary alicyclic amines) is 1. The van der Waals surface area contributed by atoms with E-state index < -0.39 is 6.10 Å². The molecule has 9 heteroatoms. The maximum Gasteiger partial charge on any atom is 0.409 e. The van der Waals surface area contributed by atoms with Crippen LogP contribution in [0.15, 0.2) is 0 Å². The second-order valence-corrected chi connectivity index (χ2v) is 19.1. The lowest BCUT2D eigenvalue weighted by Gasteiger charge is -2.63. The van der Waals surface area contributed by atoms with Crippen LogP contribution in [0, 0.1) is 56.7 Å². The Morgan fingerprint density at radius 3 is 2.33 bits per heavy atom. The molecule has 2 heterocycles. The average molecular weight is 672 g/mol. The third kappa shape index (κ3) is 4.63. The lowest BCUT2D eigenvalue weighted by molar-refractivity contribution is -0.185. The Kier molecular flexibility index (Phi) is 8.32. The van der Waals surface area contributed by atoms with Gasteiger partial charge >= 0.3 is 12.2 Å². The van der Waals surface area contributed by atoms with E-state index in [0.717, 1.165) is 58.2 Å². The first-order chi connectivity index (χ1) is 22.5. The van der Waals surface area contributed by atoms with E-state index in [-0.39, 0.29) is 81.6 Å². The van der Waals surface area contributed by atoms with Crippen LogP contribution in [0.4, 0.5) is 9.59 Å². The van der Waals surface area contributed by atoms with Gasteiger partial charge in [-0.3, -0.25) is 4.90 Å². The molecular weight excluding hydrogens is 606 g/mol. The number of hydrogen-bond donors (Lipinski definition) is 2. The minimum atomic E-state index is -0.557. The Balaban J connectivity index is 1.10. The van der Waals surface area contributed by atoms with E-state index in [1.54, 1.807) is 14.1 Å². The van der Waals surface area contributed by atoms with Gasteiger partial charge in [0.25, 0.3) is 0 Å². The van der Waals surface area contributed by atoms with Crippen molar-refractivity contribution in [1.82, 2.24) is 15.1 Å². The summed E-state index contributed by atoms with van der Waals surface area (Å²) >= 11 is 0. The maximum atomic E-state index is 13.0. The number of fused-ring (bicyclic) bond motifs is 4. The number of aliphatic hydroxyl groups is 1. The Morgan fingerprint density at radius 2 is 1.69 bits per heavy atom. The van der Waals surface area contributed by atoms with Crippen LogP contribution >= 0.6 is 0 Å². The van der Waals surface area contributed by atoms with E-state index in [4.69, 9.17) is 14.2 Å². The topological polar surface area (TPSA) is 101 Å². The number of aliphatic hydroxyl groups excluding tert-OH is 1. The van der Waals surface area contributed by atoms with Crippen molar-refractivity contribution in [2.45, 2.75) is 143 Å². The second-order valence-electron chi connectivity index (χ2n) is 19.1. The average Bonchev–Trinajstić information content (AvgIpc) is 3.63. The van der Waals surface area contributed by atoms with Gasteiger partial charge in [0.1, 0.15) is 12.2 Å². The molecule has 2 spiro atoms. The summed E-state index contributed by atoms with van der Waals surface area (Å²) in [6.45, 7) is 21.2. The van der Waals surface area contributed by atoms with Crippen LogP contribution in [0.25, 0.3) is 0 Å². The van der Waals surface area contributed by atoms with Crippen LogP contribution in [0.5, 0.6) is 0 Å². The minimum absolute atomic E-state index is 0.0234. The lowest BCUT2D eigenvalue weighted by atomic mass is 9.41. The largest absolute Gasteiger partial charge is 0.446 e.